The van der Waals surface area contributed by atoms with E-state index in [0.29, 0.717) is 17.1 Å². The Morgan fingerprint density at radius 1 is 1.14 bits per heavy atom. The van der Waals surface area contributed by atoms with Crippen LogP contribution in [0.3, 0.4) is 0 Å². The summed E-state index contributed by atoms with van der Waals surface area (Å²) in [6, 6.07) is 6.15. The fraction of sp³-hybridized carbons (Fsp3) is 0.308. The van der Waals surface area contributed by atoms with Crippen molar-refractivity contribution in [3.05, 3.63) is 30.1 Å². The van der Waals surface area contributed by atoms with Crippen molar-refractivity contribution in [3.63, 3.8) is 0 Å². The Morgan fingerprint density at radius 2 is 1.81 bits per heavy atom. The van der Waals surface area contributed by atoms with Crippen molar-refractivity contribution in [2.75, 3.05) is 23.4 Å². The van der Waals surface area contributed by atoms with E-state index < -0.39 is 0 Å². The fourth-order valence-corrected chi connectivity index (χ4v) is 2.45. The molecule has 0 saturated carbocycles. The van der Waals surface area contributed by atoms with Crippen molar-refractivity contribution in [3.8, 4) is 0 Å². The molecule has 21 heavy (non-hydrogen) atoms. The lowest BCUT2D eigenvalue weighted by Crippen LogP contribution is -2.25. The molecular weight excluding hydrogens is 291 g/mol. The maximum atomic E-state index is 12.9. The maximum absolute atomic E-state index is 12.9. The molecule has 0 aliphatic rings. The fourth-order valence-electron chi connectivity index (χ4n) is 1.71. The van der Waals surface area contributed by atoms with Gasteiger partial charge in [-0.1, -0.05) is 0 Å². The topological polar surface area (TPSA) is 80.0 Å². The second kappa shape index (κ2) is 7.19. The number of halogens is 1. The van der Waals surface area contributed by atoms with Crippen LogP contribution >= 0.6 is 11.8 Å². The molecule has 0 spiro atoms. The molecular formula is C13H17FN6S. The third-order valence-corrected chi connectivity index (χ3v) is 3.67. The minimum Gasteiger partial charge on any atom is -0.341 e. The first kappa shape index (κ1) is 15.5. The highest BCUT2D eigenvalue weighted by Crippen LogP contribution is 2.26. The Balaban J connectivity index is 2.29. The lowest BCUT2D eigenvalue weighted by molar-refractivity contribution is 0.626. The first-order valence-electron chi connectivity index (χ1n) is 6.57. The number of anilines is 2. The first-order valence-corrected chi connectivity index (χ1v) is 7.39. The summed E-state index contributed by atoms with van der Waals surface area (Å²) in [5.74, 6) is 5.99. The van der Waals surface area contributed by atoms with Crippen LogP contribution in [0.4, 0.5) is 16.3 Å². The number of nitrogens with zero attached hydrogens (tertiary/aromatic N) is 4. The lowest BCUT2D eigenvalue weighted by atomic mass is 10.4. The number of nitrogens with two attached hydrogens (primary N) is 1. The standard InChI is InChI=1S/C13H17FN6S/c1-3-20(4-2)12-16-11(19-15)17-13(18-12)21-10-7-5-9(14)6-8-10/h5-8H,3-4,15H2,1-2H3,(H,16,17,18,19). The van der Waals surface area contributed by atoms with Crippen molar-refractivity contribution in [2.24, 2.45) is 5.84 Å². The van der Waals surface area contributed by atoms with Gasteiger partial charge in [-0.3, -0.25) is 5.43 Å². The molecule has 2 rings (SSSR count). The monoisotopic (exact) mass is 308 g/mol. The lowest BCUT2D eigenvalue weighted by Gasteiger charge is -2.19. The number of nitrogen functional groups attached to an aromatic ring is 1. The summed E-state index contributed by atoms with van der Waals surface area (Å²) in [6.45, 7) is 5.61. The summed E-state index contributed by atoms with van der Waals surface area (Å²) >= 11 is 1.33. The van der Waals surface area contributed by atoms with Crippen LogP contribution in [-0.2, 0) is 0 Å². The van der Waals surface area contributed by atoms with Gasteiger partial charge in [0.2, 0.25) is 11.9 Å². The number of hydrogen-bond acceptors (Lipinski definition) is 7. The molecule has 8 heteroatoms. The van der Waals surface area contributed by atoms with Crippen LogP contribution in [0.1, 0.15) is 13.8 Å². The predicted molar refractivity (Wildman–Crippen MR) is 81.7 cm³/mol. The Labute approximate surface area is 127 Å². The largest absolute Gasteiger partial charge is 0.341 e. The number of aromatic nitrogens is 3. The van der Waals surface area contributed by atoms with Crippen LogP contribution < -0.4 is 16.2 Å². The molecule has 0 aliphatic carbocycles. The molecule has 0 bridgehead atoms. The van der Waals surface area contributed by atoms with E-state index >= 15 is 0 Å². The van der Waals surface area contributed by atoms with E-state index in [1.54, 1.807) is 12.1 Å². The highest BCUT2D eigenvalue weighted by molar-refractivity contribution is 7.99. The molecule has 1 aromatic carbocycles. The first-order chi connectivity index (χ1) is 10.2. The number of benzene rings is 1. The van der Waals surface area contributed by atoms with Gasteiger partial charge in [0.25, 0.3) is 0 Å². The Kier molecular flexibility index (Phi) is 5.29. The molecule has 3 N–H and O–H groups in total. The normalized spacial score (nSPS) is 10.5. The average Bonchev–Trinajstić information content (AvgIpc) is 2.50. The quantitative estimate of drug-likeness (QED) is 0.626. The molecule has 0 saturated heterocycles. The van der Waals surface area contributed by atoms with E-state index in [2.05, 4.69) is 20.4 Å². The van der Waals surface area contributed by atoms with Crippen molar-refractivity contribution in [1.82, 2.24) is 15.0 Å². The zero-order valence-electron chi connectivity index (χ0n) is 11.9. The van der Waals surface area contributed by atoms with Gasteiger partial charge in [-0.05, 0) is 49.9 Å². The van der Waals surface area contributed by atoms with Gasteiger partial charge < -0.3 is 4.90 Å². The summed E-state index contributed by atoms with van der Waals surface area (Å²) in [5, 5.41) is 0.506. The molecule has 0 atom stereocenters. The molecule has 0 unspecified atom stereocenters. The molecule has 1 heterocycles. The van der Waals surface area contributed by atoms with Crippen molar-refractivity contribution in [1.29, 1.82) is 0 Å². The highest BCUT2D eigenvalue weighted by atomic mass is 32.2. The summed E-state index contributed by atoms with van der Waals surface area (Å²) < 4.78 is 12.9. The van der Waals surface area contributed by atoms with Crippen LogP contribution in [-0.4, -0.2) is 28.0 Å². The Morgan fingerprint density at radius 3 is 2.38 bits per heavy atom. The van der Waals surface area contributed by atoms with Crippen LogP contribution in [0.5, 0.6) is 0 Å². The third kappa shape index (κ3) is 4.02. The number of nitrogens with one attached hydrogen (secondary N) is 1. The molecule has 6 nitrogen and oxygen atoms in total. The maximum Gasteiger partial charge on any atom is 0.242 e. The molecule has 0 radical (unpaired) electrons. The molecule has 0 amide bonds. The summed E-state index contributed by atoms with van der Waals surface area (Å²) in [7, 11) is 0. The van der Waals surface area contributed by atoms with Gasteiger partial charge in [-0.25, -0.2) is 10.2 Å². The van der Waals surface area contributed by atoms with Gasteiger partial charge in [0.1, 0.15) is 5.82 Å². The smallest absolute Gasteiger partial charge is 0.242 e. The molecule has 2 aromatic rings. The summed E-state index contributed by atoms with van der Waals surface area (Å²) in [4.78, 5) is 15.7. The van der Waals surface area contributed by atoms with E-state index in [0.717, 1.165) is 18.0 Å². The summed E-state index contributed by atoms with van der Waals surface area (Å²) in [5.41, 5.74) is 2.44. The van der Waals surface area contributed by atoms with Crippen molar-refractivity contribution >= 4 is 23.7 Å². The zero-order valence-corrected chi connectivity index (χ0v) is 12.7. The van der Waals surface area contributed by atoms with Gasteiger partial charge in [-0.2, -0.15) is 15.0 Å². The van der Waals surface area contributed by atoms with Gasteiger partial charge in [0.05, 0.1) is 0 Å². The highest BCUT2D eigenvalue weighted by Gasteiger charge is 2.11. The van der Waals surface area contributed by atoms with Crippen molar-refractivity contribution < 1.29 is 4.39 Å². The second-order valence-corrected chi connectivity index (χ2v) is 5.15. The molecule has 0 aliphatic heterocycles. The van der Waals surface area contributed by atoms with Gasteiger partial charge in [0, 0.05) is 18.0 Å². The Bertz CT molecular complexity index is 588. The number of hydrogen-bond donors (Lipinski definition) is 2. The zero-order chi connectivity index (χ0) is 15.2. The van der Waals surface area contributed by atoms with E-state index in [4.69, 9.17) is 5.84 Å². The third-order valence-electron chi connectivity index (χ3n) is 2.80. The van der Waals surface area contributed by atoms with E-state index in [1.165, 1.54) is 23.9 Å². The van der Waals surface area contributed by atoms with E-state index in [-0.39, 0.29) is 5.82 Å². The second-order valence-electron chi connectivity index (χ2n) is 4.11. The van der Waals surface area contributed by atoms with Gasteiger partial charge >= 0.3 is 0 Å². The Hall–Kier alpha value is -1.93. The van der Waals surface area contributed by atoms with Crippen LogP contribution in [0.25, 0.3) is 0 Å². The molecule has 0 fully saturated rings. The van der Waals surface area contributed by atoms with Gasteiger partial charge in [-0.15, -0.1) is 0 Å². The summed E-state index contributed by atoms with van der Waals surface area (Å²) in [6.07, 6.45) is 0. The van der Waals surface area contributed by atoms with Crippen molar-refractivity contribution in [2.45, 2.75) is 23.9 Å². The molecule has 112 valence electrons. The minimum absolute atomic E-state index is 0.275. The van der Waals surface area contributed by atoms with Crippen LogP contribution in [0, 0.1) is 5.82 Å². The predicted octanol–water partition coefficient (Wildman–Crippen LogP) is 2.29. The number of rotatable bonds is 6. The van der Waals surface area contributed by atoms with E-state index in [1.807, 2.05) is 18.7 Å². The van der Waals surface area contributed by atoms with Crippen LogP contribution in [0.15, 0.2) is 34.3 Å². The number of hydrazine groups is 1. The average molecular weight is 308 g/mol. The van der Waals surface area contributed by atoms with Crippen LogP contribution in [0.2, 0.25) is 0 Å². The SMILES string of the molecule is CCN(CC)c1nc(NN)nc(Sc2ccc(F)cc2)n1. The minimum atomic E-state index is -0.275. The van der Waals surface area contributed by atoms with Gasteiger partial charge in [0.15, 0.2) is 5.16 Å². The van der Waals surface area contributed by atoms with E-state index in [9.17, 15) is 4.39 Å². The molecule has 1 aromatic heterocycles.